The molecule has 0 radical (unpaired) electrons. The topological polar surface area (TPSA) is 217 Å². The minimum absolute atomic E-state index is 0.0215. The summed E-state index contributed by atoms with van der Waals surface area (Å²) in [6.07, 6.45) is 5.89. The lowest BCUT2D eigenvalue weighted by molar-refractivity contribution is -0.145. The van der Waals surface area contributed by atoms with Gasteiger partial charge in [-0.05, 0) is 164 Å². The molecule has 404 valence electrons. The molecule has 1 aliphatic carbocycles. The molecule has 0 saturated heterocycles. The van der Waals surface area contributed by atoms with Crippen LogP contribution in [0.3, 0.4) is 0 Å². The van der Waals surface area contributed by atoms with Gasteiger partial charge in [-0.15, -0.1) is 0 Å². The Labute approximate surface area is 442 Å². The van der Waals surface area contributed by atoms with Gasteiger partial charge < -0.3 is 47.7 Å². The number of amides is 2. The van der Waals surface area contributed by atoms with E-state index >= 15 is 0 Å². The number of nitrogens with zero attached hydrogens (tertiary/aromatic N) is 2. The molecular formula is C58H66N2O16. The molecule has 1 saturated carbocycles. The van der Waals surface area contributed by atoms with Crippen LogP contribution in [0.25, 0.3) is 0 Å². The number of hydrogen-bond donors (Lipinski definition) is 0. The monoisotopic (exact) mass is 1050 g/mol. The van der Waals surface area contributed by atoms with Gasteiger partial charge in [-0.1, -0.05) is 13.2 Å². The fourth-order valence-corrected chi connectivity index (χ4v) is 7.93. The Bertz CT molecular complexity index is 2480. The molecular weight excluding hydrogens is 981 g/mol. The summed E-state index contributed by atoms with van der Waals surface area (Å²) in [5.41, 5.74) is 0.449. The molecule has 0 atom stereocenters. The van der Waals surface area contributed by atoms with E-state index in [9.17, 15) is 38.4 Å². The normalized spacial score (nSPS) is 13.7. The highest BCUT2D eigenvalue weighted by Crippen LogP contribution is 2.34. The van der Waals surface area contributed by atoms with Crippen LogP contribution >= 0.6 is 0 Å². The summed E-state index contributed by atoms with van der Waals surface area (Å²) in [7, 11) is 0. The smallest absolute Gasteiger partial charge is 0.343 e. The number of unbranched alkanes of at least 4 members (excludes halogenated alkanes) is 2. The predicted octanol–water partition coefficient (Wildman–Crippen LogP) is 9.18. The summed E-state index contributed by atoms with van der Waals surface area (Å²) in [5, 5.41) is 0. The van der Waals surface area contributed by atoms with Crippen LogP contribution in [0.5, 0.6) is 34.5 Å². The highest BCUT2D eigenvalue weighted by Gasteiger charge is 2.33. The number of carbonyl (C=O) groups is 8. The molecule has 18 nitrogen and oxygen atoms in total. The first-order chi connectivity index (χ1) is 36.7. The maximum absolute atomic E-state index is 13.7. The lowest BCUT2D eigenvalue weighted by atomic mass is 9.82. The second-order valence-electron chi connectivity index (χ2n) is 17.3. The Kier molecular flexibility index (Phi) is 23.3. The lowest BCUT2D eigenvalue weighted by Gasteiger charge is -2.26. The molecule has 0 N–H and O–H groups in total. The van der Waals surface area contributed by atoms with E-state index in [1.807, 2.05) is 27.7 Å². The van der Waals surface area contributed by atoms with Gasteiger partial charge in [-0.3, -0.25) is 19.2 Å². The zero-order chi connectivity index (χ0) is 55.0. The molecule has 1 fully saturated rings. The maximum atomic E-state index is 13.7. The number of ether oxygens (including phenoxy) is 8. The van der Waals surface area contributed by atoms with Crippen molar-refractivity contribution in [2.75, 3.05) is 52.6 Å². The molecule has 0 heterocycles. The number of rotatable bonds is 28. The molecule has 4 aromatic carbocycles. The van der Waals surface area contributed by atoms with E-state index in [2.05, 4.69) is 13.2 Å². The van der Waals surface area contributed by atoms with Gasteiger partial charge in [-0.2, -0.15) is 0 Å². The van der Waals surface area contributed by atoms with Crippen LogP contribution in [0.4, 0.5) is 0 Å². The van der Waals surface area contributed by atoms with Crippen LogP contribution in [0.2, 0.25) is 0 Å². The first-order valence-corrected chi connectivity index (χ1v) is 25.5. The van der Waals surface area contributed by atoms with Gasteiger partial charge in [0.25, 0.3) is 11.8 Å². The van der Waals surface area contributed by atoms with Crippen molar-refractivity contribution in [3.63, 3.8) is 0 Å². The van der Waals surface area contributed by atoms with Gasteiger partial charge in [0.2, 0.25) is 0 Å². The van der Waals surface area contributed by atoms with Gasteiger partial charge in [0.05, 0.1) is 60.5 Å². The molecule has 2 amide bonds. The molecule has 5 rings (SSSR count). The number of esters is 6. The van der Waals surface area contributed by atoms with Crippen LogP contribution in [-0.4, -0.2) is 110 Å². The summed E-state index contributed by atoms with van der Waals surface area (Å²) in [5.74, 6) is -4.40. The Hall–Kier alpha value is -8.28. The van der Waals surface area contributed by atoms with Crippen molar-refractivity contribution >= 4 is 47.6 Å². The third kappa shape index (κ3) is 17.4. The molecule has 76 heavy (non-hydrogen) atoms. The molecule has 0 aliphatic heterocycles. The van der Waals surface area contributed by atoms with E-state index in [1.54, 1.807) is 34.1 Å². The van der Waals surface area contributed by atoms with E-state index in [0.717, 1.165) is 12.2 Å². The quantitative estimate of drug-likeness (QED) is 0.0224. The minimum atomic E-state index is -0.724. The molecule has 18 heteroatoms. The lowest BCUT2D eigenvalue weighted by Crippen LogP contribution is -2.32. The Morgan fingerprint density at radius 2 is 0.789 bits per heavy atom. The van der Waals surface area contributed by atoms with Gasteiger partial charge in [0.1, 0.15) is 34.5 Å². The molecule has 0 unspecified atom stereocenters. The molecule has 0 spiro atoms. The Balaban J connectivity index is 1.16. The van der Waals surface area contributed by atoms with Crippen molar-refractivity contribution < 1.29 is 76.3 Å². The zero-order valence-electron chi connectivity index (χ0n) is 43.5. The SMILES string of the molecule is C=CC(=O)OCCCCOc1ccc(C(=O)Oc2ccc(OC(=O)C3CCC(C(=O)Oc4ccc(OC(=O)c5ccc(OCCCCOC(=O)C=C)cc5)c(C(=O)N(CC)CC)c4)CC3)cc2C(=O)N(CC)CC)cc1. The van der Waals surface area contributed by atoms with Crippen molar-refractivity contribution in [3.05, 3.63) is 132 Å². The van der Waals surface area contributed by atoms with E-state index < -0.39 is 59.5 Å². The average Bonchev–Trinajstić information content (AvgIpc) is 3.44. The highest BCUT2D eigenvalue weighted by molar-refractivity contribution is 6.01. The first-order valence-electron chi connectivity index (χ1n) is 25.5. The summed E-state index contributed by atoms with van der Waals surface area (Å²) < 4.78 is 44.4. The highest BCUT2D eigenvalue weighted by atomic mass is 16.6. The van der Waals surface area contributed by atoms with Crippen molar-refractivity contribution in [2.24, 2.45) is 11.8 Å². The van der Waals surface area contributed by atoms with Crippen LogP contribution in [0.1, 0.15) is 120 Å². The summed E-state index contributed by atoms with van der Waals surface area (Å²) in [6.45, 7) is 16.7. The van der Waals surface area contributed by atoms with Gasteiger partial charge in [0.15, 0.2) is 0 Å². The van der Waals surface area contributed by atoms with E-state index in [1.165, 1.54) is 60.7 Å². The third-order valence-electron chi connectivity index (χ3n) is 12.3. The molecule has 1 aliphatic rings. The minimum Gasteiger partial charge on any atom is -0.494 e. The van der Waals surface area contributed by atoms with Crippen LogP contribution in [0.15, 0.2) is 110 Å². The predicted molar refractivity (Wildman–Crippen MR) is 279 cm³/mol. The van der Waals surface area contributed by atoms with E-state index in [-0.39, 0.29) is 58.5 Å². The van der Waals surface area contributed by atoms with Crippen molar-refractivity contribution in [3.8, 4) is 34.5 Å². The summed E-state index contributed by atoms with van der Waals surface area (Å²) in [4.78, 5) is 107. The van der Waals surface area contributed by atoms with Gasteiger partial charge in [-0.25, -0.2) is 19.2 Å². The van der Waals surface area contributed by atoms with Crippen LogP contribution in [0, 0.1) is 11.8 Å². The van der Waals surface area contributed by atoms with Crippen molar-refractivity contribution in [1.82, 2.24) is 9.80 Å². The Morgan fingerprint density at radius 1 is 0.461 bits per heavy atom. The Morgan fingerprint density at radius 3 is 1.12 bits per heavy atom. The maximum Gasteiger partial charge on any atom is 0.343 e. The van der Waals surface area contributed by atoms with E-state index in [0.29, 0.717) is 102 Å². The molecule has 0 aromatic heterocycles. The fourth-order valence-electron chi connectivity index (χ4n) is 7.93. The zero-order valence-corrected chi connectivity index (χ0v) is 43.5. The third-order valence-corrected chi connectivity index (χ3v) is 12.3. The van der Waals surface area contributed by atoms with Crippen molar-refractivity contribution in [2.45, 2.75) is 79.1 Å². The largest absolute Gasteiger partial charge is 0.494 e. The van der Waals surface area contributed by atoms with Crippen LogP contribution < -0.4 is 28.4 Å². The second-order valence-corrected chi connectivity index (χ2v) is 17.3. The number of benzene rings is 4. The van der Waals surface area contributed by atoms with Crippen molar-refractivity contribution in [1.29, 1.82) is 0 Å². The fraction of sp³-hybridized carbons (Fsp3) is 0.379. The van der Waals surface area contributed by atoms with Gasteiger partial charge in [0, 0.05) is 38.3 Å². The summed E-state index contributed by atoms with van der Waals surface area (Å²) >= 11 is 0. The second kappa shape index (κ2) is 30.2. The number of hydrogen-bond acceptors (Lipinski definition) is 16. The van der Waals surface area contributed by atoms with Gasteiger partial charge >= 0.3 is 35.8 Å². The molecule has 4 aromatic rings. The van der Waals surface area contributed by atoms with Crippen LogP contribution in [-0.2, 0) is 28.7 Å². The number of carbonyl (C=O) groups excluding carboxylic acids is 8. The van der Waals surface area contributed by atoms with E-state index in [4.69, 9.17) is 37.9 Å². The molecule has 0 bridgehead atoms. The average molecular weight is 1050 g/mol. The first kappa shape index (κ1) is 58.6. The standard InChI is InChI=1S/C58H66N2O16/c1-7-51(61)71-35-15-13-33-69-43-25-21-41(22-26-43)57(67)75-49-31-29-45(37-47(49)53(63)59(9-3)10-4)73-55(65)39-17-19-40(20-18-39)56(66)74-46-30-32-50(48(38-46)54(64)60(11-5)12-6)76-58(68)42-23-27-44(28-24-42)70-34-14-16-36-72-52(62)8-2/h7-8,21-32,37-40H,1-2,9-20,33-36H2,3-6H3. The summed E-state index contributed by atoms with van der Waals surface area (Å²) in [6, 6.07) is 21.0.